The zero-order valence-corrected chi connectivity index (χ0v) is 14.2. The summed E-state index contributed by atoms with van der Waals surface area (Å²) < 4.78 is 16.2. The Bertz CT molecular complexity index is 670. The Morgan fingerprint density at radius 1 is 1.27 bits per heavy atom. The number of halogens is 1. The summed E-state index contributed by atoms with van der Waals surface area (Å²) in [6.07, 6.45) is 0.956. The number of aromatic nitrogens is 2. The van der Waals surface area contributed by atoms with E-state index < -0.39 is 11.8 Å². The van der Waals surface area contributed by atoms with Crippen LogP contribution in [0.2, 0.25) is 0 Å². The first-order chi connectivity index (χ1) is 10.3. The average molecular weight is 369 g/mol. The molecule has 0 radical (unpaired) electrons. The summed E-state index contributed by atoms with van der Waals surface area (Å²) in [6, 6.07) is 5.92. The minimum absolute atomic E-state index is 0.0661. The van der Waals surface area contributed by atoms with Crippen molar-refractivity contribution >= 4 is 33.0 Å². The number of hydrogen-bond acceptors (Lipinski definition) is 6. The number of nitrogens with zero attached hydrogens (tertiary/aromatic N) is 2. The lowest BCUT2D eigenvalue weighted by atomic mass is 10.2. The highest BCUT2D eigenvalue weighted by atomic mass is 79.9. The van der Waals surface area contributed by atoms with E-state index in [0.717, 1.165) is 15.4 Å². The van der Waals surface area contributed by atoms with E-state index >= 15 is 0 Å². The SMILES string of the molecule is CC(C)(C)OC(=O)OCCOc1ncc2cc(Br)ccc2n1. The Morgan fingerprint density at radius 3 is 2.77 bits per heavy atom. The third-order valence-electron chi connectivity index (χ3n) is 2.44. The van der Waals surface area contributed by atoms with Crippen molar-refractivity contribution in [2.45, 2.75) is 26.4 Å². The summed E-state index contributed by atoms with van der Waals surface area (Å²) in [4.78, 5) is 19.7. The van der Waals surface area contributed by atoms with E-state index in [1.54, 1.807) is 27.0 Å². The zero-order valence-electron chi connectivity index (χ0n) is 12.6. The highest BCUT2D eigenvalue weighted by Gasteiger charge is 2.17. The fourth-order valence-electron chi connectivity index (χ4n) is 1.59. The summed E-state index contributed by atoms with van der Waals surface area (Å²) in [7, 11) is 0. The van der Waals surface area contributed by atoms with Crippen LogP contribution in [0.5, 0.6) is 6.01 Å². The Kier molecular flexibility index (Phi) is 5.18. The van der Waals surface area contributed by atoms with Gasteiger partial charge in [-0.3, -0.25) is 0 Å². The maximum atomic E-state index is 11.3. The lowest BCUT2D eigenvalue weighted by Crippen LogP contribution is -2.25. The van der Waals surface area contributed by atoms with Gasteiger partial charge in [-0.15, -0.1) is 0 Å². The van der Waals surface area contributed by atoms with E-state index in [-0.39, 0.29) is 19.2 Å². The first-order valence-corrected chi connectivity index (χ1v) is 7.54. The van der Waals surface area contributed by atoms with E-state index in [2.05, 4.69) is 25.9 Å². The molecule has 2 aromatic rings. The number of hydrogen-bond donors (Lipinski definition) is 0. The molecule has 0 amide bonds. The standard InChI is InChI=1S/C15H17BrN2O4/c1-15(2,3)22-14(19)21-7-6-20-13-17-9-10-8-11(16)4-5-12(10)18-13/h4-5,8-9H,6-7H2,1-3H3. The maximum absolute atomic E-state index is 11.3. The summed E-state index contributed by atoms with van der Waals surface area (Å²) >= 11 is 3.39. The number of carbonyl (C=O) groups is 1. The van der Waals surface area contributed by atoms with Gasteiger partial charge >= 0.3 is 12.2 Å². The molecule has 22 heavy (non-hydrogen) atoms. The Labute approximate surface area is 136 Å². The van der Waals surface area contributed by atoms with Crippen molar-refractivity contribution in [1.29, 1.82) is 0 Å². The molecule has 0 unspecified atom stereocenters. The van der Waals surface area contributed by atoms with Gasteiger partial charge in [-0.05, 0) is 39.0 Å². The largest absolute Gasteiger partial charge is 0.508 e. The van der Waals surface area contributed by atoms with Gasteiger partial charge in [0.25, 0.3) is 0 Å². The molecule has 0 bridgehead atoms. The van der Waals surface area contributed by atoms with Crippen LogP contribution in [-0.2, 0) is 9.47 Å². The van der Waals surface area contributed by atoms with Crippen LogP contribution in [0.4, 0.5) is 4.79 Å². The van der Waals surface area contributed by atoms with Crippen molar-refractivity contribution in [2.75, 3.05) is 13.2 Å². The van der Waals surface area contributed by atoms with Crippen molar-refractivity contribution in [3.05, 3.63) is 28.9 Å². The van der Waals surface area contributed by atoms with Crippen molar-refractivity contribution in [3.8, 4) is 6.01 Å². The van der Waals surface area contributed by atoms with Gasteiger partial charge in [0.05, 0.1) is 5.52 Å². The fraction of sp³-hybridized carbons (Fsp3) is 0.400. The third kappa shape index (κ3) is 5.14. The maximum Gasteiger partial charge on any atom is 0.508 e. The molecule has 2 rings (SSSR count). The first-order valence-electron chi connectivity index (χ1n) is 6.74. The van der Waals surface area contributed by atoms with Gasteiger partial charge in [-0.1, -0.05) is 15.9 Å². The van der Waals surface area contributed by atoms with Crippen LogP contribution >= 0.6 is 15.9 Å². The third-order valence-corrected chi connectivity index (χ3v) is 2.94. The monoisotopic (exact) mass is 368 g/mol. The van der Waals surface area contributed by atoms with E-state index in [9.17, 15) is 4.79 Å². The van der Waals surface area contributed by atoms with E-state index in [1.165, 1.54) is 0 Å². The number of fused-ring (bicyclic) bond motifs is 1. The smallest absolute Gasteiger partial charge is 0.460 e. The predicted molar refractivity (Wildman–Crippen MR) is 84.9 cm³/mol. The predicted octanol–water partition coefficient (Wildman–Crippen LogP) is 3.72. The van der Waals surface area contributed by atoms with Gasteiger partial charge in [0.15, 0.2) is 0 Å². The van der Waals surface area contributed by atoms with Gasteiger partial charge in [-0.2, -0.15) is 4.98 Å². The molecule has 118 valence electrons. The van der Waals surface area contributed by atoms with Crippen LogP contribution in [0.3, 0.4) is 0 Å². The number of rotatable bonds is 4. The Morgan fingerprint density at radius 2 is 2.05 bits per heavy atom. The van der Waals surface area contributed by atoms with Crippen LogP contribution in [0.1, 0.15) is 20.8 Å². The highest BCUT2D eigenvalue weighted by Crippen LogP contribution is 2.19. The van der Waals surface area contributed by atoms with Gasteiger partial charge in [0.1, 0.15) is 18.8 Å². The van der Waals surface area contributed by atoms with Crippen molar-refractivity contribution in [3.63, 3.8) is 0 Å². The molecule has 0 saturated carbocycles. The van der Waals surface area contributed by atoms with Crippen molar-refractivity contribution in [2.24, 2.45) is 0 Å². The summed E-state index contributed by atoms with van der Waals surface area (Å²) in [6.45, 7) is 5.53. The summed E-state index contributed by atoms with van der Waals surface area (Å²) in [5.41, 5.74) is 0.203. The molecule has 0 aliphatic rings. The number of benzene rings is 1. The van der Waals surface area contributed by atoms with Gasteiger partial charge < -0.3 is 14.2 Å². The highest BCUT2D eigenvalue weighted by molar-refractivity contribution is 9.10. The lowest BCUT2D eigenvalue weighted by molar-refractivity contribution is -0.0117. The molecule has 0 N–H and O–H groups in total. The minimum atomic E-state index is -0.722. The van der Waals surface area contributed by atoms with Gasteiger partial charge in [-0.25, -0.2) is 9.78 Å². The Hall–Kier alpha value is -1.89. The molecule has 0 atom stereocenters. The normalized spacial score (nSPS) is 11.3. The van der Waals surface area contributed by atoms with Crippen LogP contribution in [0.25, 0.3) is 10.9 Å². The first kappa shape index (κ1) is 16.5. The molecule has 6 nitrogen and oxygen atoms in total. The van der Waals surface area contributed by atoms with Crippen LogP contribution in [0.15, 0.2) is 28.9 Å². The average Bonchev–Trinajstić information content (AvgIpc) is 2.41. The van der Waals surface area contributed by atoms with E-state index in [0.29, 0.717) is 0 Å². The molecule has 0 aliphatic carbocycles. The van der Waals surface area contributed by atoms with E-state index in [1.807, 2.05) is 18.2 Å². The van der Waals surface area contributed by atoms with Crippen molar-refractivity contribution < 1.29 is 19.0 Å². The second-order valence-electron chi connectivity index (χ2n) is 5.52. The second-order valence-corrected chi connectivity index (χ2v) is 6.43. The summed E-state index contributed by atoms with van der Waals surface area (Å²) in [5.74, 6) is 0. The quantitative estimate of drug-likeness (QED) is 0.604. The fourth-order valence-corrected chi connectivity index (χ4v) is 1.97. The summed E-state index contributed by atoms with van der Waals surface area (Å²) in [5, 5.41) is 0.909. The molecular formula is C15H17BrN2O4. The molecule has 1 heterocycles. The zero-order chi connectivity index (χ0) is 16.2. The lowest BCUT2D eigenvalue weighted by Gasteiger charge is -2.18. The van der Waals surface area contributed by atoms with Crippen LogP contribution in [0, 0.1) is 0 Å². The topological polar surface area (TPSA) is 70.5 Å². The van der Waals surface area contributed by atoms with E-state index in [4.69, 9.17) is 14.2 Å². The Balaban J connectivity index is 1.82. The molecular weight excluding hydrogens is 352 g/mol. The molecule has 7 heteroatoms. The molecule has 0 aliphatic heterocycles. The molecule has 0 fully saturated rings. The van der Waals surface area contributed by atoms with Gasteiger partial charge in [0.2, 0.25) is 0 Å². The van der Waals surface area contributed by atoms with Crippen LogP contribution in [-0.4, -0.2) is 34.9 Å². The molecule has 1 aromatic carbocycles. The van der Waals surface area contributed by atoms with Crippen LogP contribution < -0.4 is 4.74 Å². The number of carbonyl (C=O) groups excluding carboxylic acids is 1. The molecule has 0 spiro atoms. The van der Waals surface area contributed by atoms with Gasteiger partial charge in [0, 0.05) is 16.1 Å². The minimum Gasteiger partial charge on any atom is -0.460 e. The van der Waals surface area contributed by atoms with Crippen molar-refractivity contribution in [1.82, 2.24) is 9.97 Å². The number of ether oxygens (including phenoxy) is 3. The molecule has 0 saturated heterocycles. The second kappa shape index (κ2) is 6.91. The molecule has 1 aromatic heterocycles.